The first kappa shape index (κ1) is 17.0. The second-order valence-corrected chi connectivity index (χ2v) is 7.74. The molecule has 0 heterocycles. The fraction of sp³-hybridized carbons (Fsp3) is 0.333. The monoisotopic (exact) mass is 356 g/mol. The molecule has 2 rings (SSSR count). The maximum Gasteiger partial charge on any atom is 0.0285 e. The summed E-state index contributed by atoms with van der Waals surface area (Å²) in [6.45, 7) is 9.04. The molecule has 22 heavy (non-hydrogen) atoms. The maximum absolute atomic E-state index is 3.81. The molecule has 0 amide bonds. The molecular weight excluding hydrogens is 332 g/mol. The molecule has 0 bridgehead atoms. The number of allylic oxidation sites excluding steroid dienone is 1. The molecule has 0 aliphatic rings. The average Bonchev–Trinajstić information content (AvgIpc) is 2.48. The zero-order chi connectivity index (χ0) is 16.2. The number of benzene rings is 2. The van der Waals surface area contributed by atoms with Gasteiger partial charge >= 0.3 is 0 Å². The first-order chi connectivity index (χ1) is 10.4. The summed E-state index contributed by atoms with van der Waals surface area (Å²) in [5.74, 6) is 0. The van der Waals surface area contributed by atoms with Crippen molar-refractivity contribution < 1.29 is 0 Å². The predicted octanol–water partition coefficient (Wildman–Crippen LogP) is 6.95. The molecule has 116 valence electrons. The molecule has 0 aliphatic carbocycles. The molecule has 0 aliphatic heterocycles. The van der Waals surface area contributed by atoms with Gasteiger partial charge in [-0.25, -0.2) is 0 Å². The second kappa shape index (κ2) is 7.28. The van der Waals surface area contributed by atoms with E-state index in [4.69, 9.17) is 0 Å². The van der Waals surface area contributed by atoms with E-state index in [0.29, 0.717) is 5.41 Å². The van der Waals surface area contributed by atoms with Crippen molar-refractivity contribution in [3.05, 3.63) is 71.3 Å². The summed E-state index contributed by atoms with van der Waals surface area (Å²) in [5.41, 5.74) is 5.61. The van der Waals surface area contributed by atoms with Crippen molar-refractivity contribution in [3.8, 4) is 0 Å². The Morgan fingerprint density at radius 3 is 1.95 bits per heavy atom. The fourth-order valence-corrected chi connectivity index (χ4v) is 3.45. The average molecular weight is 357 g/mol. The van der Waals surface area contributed by atoms with Gasteiger partial charge in [0.15, 0.2) is 0 Å². The van der Waals surface area contributed by atoms with Crippen molar-refractivity contribution in [3.63, 3.8) is 0 Å². The summed E-state index contributed by atoms with van der Waals surface area (Å²) in [4.78, 5) is 0. The molecule has 0 aromatic heterocycles. The molecule has 0 saturated heterocycles. The zero-order valence-electron chi connectivity index (χ0n) is 14.0. The molecule has 0 N–H and O–H groups in total. The van der Waals surface area contributed by atoms with Gasteiger partial charge in [0, 0.05) is 4.48 Å². The Morgan fingerprint density at radius 1 is 0.864 bits per heavy atom. The molecule has 0 spiro atoms. The SMILES string of the molecule is CCC(=C(Br)c1ccc(CC(C)(C)C)cc1)c1ccccc1. The van der Waals surface area contributed by atoms with E-state index in [9.17, 15) is 0 Å². The normalized spacial score (nSPS) is 13.0. The van der Waals surface area contributed by atoms with E-state index in [2.05, 4.69) is 98.2 Å². The Balaban J connectivity index is 2.31. The van der Waals surface area contributed by atoms with Crippen LogP contribution in [0.4, 0.5) is 0 Å². The molecule has 0 nitrogen and oxygen atoms in total. The number of rotatable bonds is 4. The van der Waals surface area contributed by atoms with E-state index in [-0.39, 0.29) is 0 Å². The van der Waals surface area contributed by atoms with E-state index < -0.39 is 0 Å². The van der Waals surface area contributed by atoms with E-state index in [0.717, 1.165) is 12.8 Å². The Bertz CT molecular complexity index is 628. The largest absolute Gasteiger partial charge is 0.0622 e. The van der Waals surface area contributed by atoms with Crippen LogP contribution in [-0.4, -0.2) is 0 Å². The fourth-order valence-electron chi connectivity index (χ4n) is 2.68. The van der Waals surface area contributed by atoms with Crippen LogP contribution >= 0.6 is 15.9 Å². The Kier molecular flexibility index (Phi) is 5.63. The Hall–Kier alpha value is -1.34. The molecule has 0 radical (unpaired) electrons. The standard InChI is InChI=1S/C21H25Br/c1-5-19(17-9-7-6-8-10-17)20(22)18-13-11-16(12-14-18)15-21(2,3)4/h6-14H,5,15H2,1-4H3. The number of hydrogen-bond donors (Lipinski definition) is 0. The first-order valence-electron chi connectivity index (χ1n) is 7.94. The summed E-state index contributed by atoms with van der Waals surface area (Å²) in [5, 5.41) is 0. The molecule has 1 heteroatoms. The molecule has 0 saturated carbocycles. The number of halogens is 1. The van der Waals surface area contributed by atoms with Gasteiger partial charge in [0.25, 0.3) is 0 Å². The van der Waals surface area contributed by atoms with Crippen molar-refractivity contribution in [1.82, 2.24) is 0 Å². The van der Waals surface area contributed by atoms with Crippen LogP contribution in [0.1, 0.15) is 50.8 Å². The van der Waals surface area contributed by atoms with Crippen LogP contribution in [0, 0.1) is 5.41 Å². The van der Waals surface area contributed by atoms with E-state index in [1.165, 1.54) is 26.7 Å². The predicted molar refractivity (Wildman–Crippen MR) is 102 cm³/mol. The summed E-state index contributed by atoms with van der Waals surface area (Å²) in [6.07, 6.45) is 2.11. The highest BCUT2D eigenvalue weighted by Crippen LogP contribution is 2.33. The maximum atomic E-state index is 3.81. The van der Waals surface area contributed by atoms with Gasteiger partial charge in [0.05, 0.1) is 0 Å². The molecule has 2 aromatic rings. The Morgan fingerprint density at radius 2 is 1.45 bits per heavy atom. The van der Waals surface area contributed by atoms with Gasteiger partial charge in [-0.05, 0) is 56.5 Å². The highest BCUT2D eigenvalue weighted by molar-refractivity contribution is 9.15. The van der Waals surface area contributed by atoms with Crippen LogP contribution in [0.5, 0.6) is 0 Å². The minimum Gasteiger partial charge on any atom is -0.0622 e. The summed E-state index contributed by atoms with van der Waals surface area (Å²) in [7, 11) is 0. The van der Waals surface area contributed by atoms with Crippen LogP contribution in [0.15, 0.2) is 54.6 Å². The lowest BCUT2D eigenvalue weighted by Gasteiger charge is -2.18. The summed E-state index contributed by atoms with van der Waals surface area (Å²) in [6, 6.07) is 19.6. The van der Waals surface area contributed by atoms with E-state index in [1.807, 2.05) is 0 Å². The quantitative estimate of drug-likeness (QED) is 0.520. The Labute approximate surface area is 143 Å². The number of hydrogen-bond acceptors (Lipinski definition) is 0. The molecule has 0 atom stereocenters. The van der Waals surface area contributed by atoms with Crippen LogP contribution in [-0.2, 0) is 6.42 Å². The third-order valence-corrected chi connectivity index (χ3v) is 4.62. The molecule has 0 unspecified atom stereocenters. The molecule has 0 fully saturated rings. The van der Waals surface area contributed by atoms with Crippen LogP contribution in [0.2, 0.25) is 0 Å². The zero-order valence-corrected chi connectivity index (χ0v) is 15.6. The van der Waals surface area contributed by atoms with E-state index in [1.54, 1.807) is 0 Å². The summed E-state index contributed by atoms with van der Waals surface area (Å²) < 4.78 is 1.20. The van der Waals surface area contributed by atoms with E-state index >= 15 is 0 Å². The first-order valence-corrected chi connectivity index (χ1v) is 8.73. The van der Waals surface area contributed by atoms with Gasteiger partial charge in [-0.15, -0.1) is 0 Å². The lowest BCUT2D eigenvalue weighted by Crippen LogP contribution is -2.08. The minimum atomic E-state index is 0.327. The second-order valence-electron chi connectivity index (χ2n) is 6.95. The van der Waals surface area contributed by atoms with Gasteiger partial charge in [-0.2, -0.15) is 0 Å². The van der Waals surface area contributed by atoms with Gasteiger partial charge in [-0.1, -0.05) is 82.3 Å². The third-order valence-electron chi connectivity index (χ3n) is 3.68. The van der Waals surface area contributed by atoms with Crippen LogP contribution < -0.4 is 0 Å². The smallest absolute Gasteiger partial charge is 0.0285 e. The topological polar surface area (TPSA) is 0 Å². The van der Waals surface area contributed by atoms with Crippen molar-refractivity contribution >= 4 is 26.0 Å². The lowest BCUT2D eigenvalue weighted by molar-refractivity contribution is 0.411. The van der Waals surface area contributed by atoms with Crippen LogP contribution in [0.25, 0.3) is 10.1 Å². The van der Waals surface area contributed by atoms with Crippen molar-refractivity contribution in [2.75, 3.05) is 0 Å². The lowest BCUT2D eigenvalue weighted by atomic mass is 9.88. The van der Waals surface area contributed by atoms with Crippen molar-refractivity contribution in [1.29, 1.82) is 0 Å². The minimum absolute atomic E-state index is 0.327. The van der Waals surface area contributed by atoms with Crippen molar-refractivity contribution in [2.24, 2.45) is 5.41 Å². The van der Waals surface area contributed by atoms with Crippen molar-refractivity contribution in [2.45, 2.75) is 40.5 Å². The van der Waals surface area contributed by atoms with Gasteiger partial charge in [-0.3, -0.25) is 0 Å². The van der Waals surface area contributed by atoms with Gasteiger partial charge in [0.1, 0.15) is 0 Å². The third kappa shape index (κ3) is 4.58. The highest BCUT2D eigenvalue weighted by Gasteiger charge is 2.12. The highest BCUT2D eigenvalue weighted by atomic mass is 79.9. The summed E-state index contributed by atoms with van der Waals surface area (Å²) >= 11 is 3.81. The molecule has 2 aromatic carbocycles. The van der Waals surface area contributed by atoms with Gasteiger partial charge < -0.3 is 0 Å². The van der Waals surface area contributed by atoms with Gasteiger partial charge in [0.2, 0.25) is 0 Å². The van der Waals surface area contributed by atoms with Crippen LogP contribution in [0.3, 0.4) is 0 Å². The molecular formula is C21H25Br.